The quantitative estimate of drug-likeness (QED) is 0.798. The van der Waals surface area contributed by atoms with Crippen LogP contribution in [0.2, 0.25) is 0 Å². The zero-order valence-corrected chi connectivity index (χ0v) is 18.0. The van der Waals surface area contributed by atoms with Gasteiger partial charge in [-0.05, 0) is 39.3 Å². The minimum atomic E-state index is -0.525. The van der Waals surface area contributed by atoms with E-state index in [4.69, 9.17) is 4.84 Å². The number of para-hydroxylation sites is 1. The molecule has 2 aliphatic rings. The lowest BCUT2D eigenvalue weighted by atomic mass is 9.87. The maximum absolute atomic E-state index is 13.0. The molecule has 0 aliphatic carbocycles. The lowest BCUT2D eigenvalue weighted by Gasteiger charge is -2.39. The fourth-order valence-electron chi connectivity index (χ4n) is 3.89. The van der Waals surface area contributed by atoms with Crippen molar-refractivity contribution in [2.24, 2.45) is 5.41 Å². The Morgan fingerprint density at radius 1 is 1.18 bits per heavy atom. The summed E-state index contributed by atoms with van der Waals surface area (Å²) >= 11 is 0. The molecule has 6 heteroatoms. The molecule has 1 fully saturated rings. The van der Waals surface area contributed by atoms with Gasteiger partial charge in [0, 0.05) is 37.3 Å². The van der Waals surface area contributed by atoms with Crippen LogP contribution in [0.4, 0.5) is 5.69 Å². The number of fused-ring (bicyclic) bond motifs is 1. The summed E-state index contributed by atoms with van der Waals surface area (Å²) in [5, 5.41) is 1.75. The zero-order valence-electron chi connectivity index (χ0n) is 18.0. The normalized spacial score (nSPS) is 22.8. The number of hydrogen-bond acceptors (Lipinski definition) is 5. The second kappa shape index (κ2) is 7.48. The molecule has 2 aliphatic heterocycles. The first-order valence-corrected chi connectivity index (χ1v) is 10.1. The predicted molar refractivity (Wildman–Crippen MR) is 110 cm³/mol. The molecule has 28 heavy (non-hydrogen) atoms. The van der Waals surface area contributed by atoms with Gasteiger partial charge in [0.25, 0.3) is 0 Å². The average Bonchev–Trinajstić information content (AvgIpc) is 2.88. The van der Waals surface area contributed by atoms with E-state index in [1.807, 2.05) is 50.8 Å². The molecule has 1 atom stereocenters. The number of benzene rings is 1. The van der Waals surface area contributed by atoms with Crippen molar-refractivity contribution in [3.8, 4) is 0 Å². The number of hydroxylamine groups is 2. The summed E-state index contributed by atoms with van der Waals surface area (Å²) in [4.78, 5) is 34.8. The molecule has 0 radical (unpaired) electrons. The summed E-state index contributed by atoms with van der Waals surface area (Å²) in [6, 6.07) is 8.23. The molecule has 0 aromatic heterocycles. The van der Waals surface area contributed by atoms with E-state index in [9.17, 15) is 9.59 Å². The van der Waals surface area contributed by atoms with Crippen LogP contribution < -0.4 is 4.90 Å². The molecule has 0 saturated carbocycles. The molecule has 0 bridgehead atoms. The van der Waals surface area contributed by atoms with Gasteiger partial charge >= 0.3 is 5.97 Å². The number of hydrogen-bond donors (Lipinski definition) is 0. The Morgan fingerprint density at radius 3 is 2.50 bits per heavy atom. The Labute approximate surface area is 168 Å². The van der Waals surface area contributed by atoms with Crippen LogP contribution in [-0.2, 0) is 19.8 Å². The molecule has 1 saturated heterocycles. The lowest BCUT2D eigenvalue weighted by molar-refractivity contribution is -0.219. The molecular weight excluding hydrogens is 354 g/mol. The first-order chi connectivity index (χ1) is 13.0. The van der Waals surface area contributed by atoms with Gasteiger partial charge in [0.2, 0.25) is 5.91 Å². The zero-order chi connectivity index (χ0) is 20.7. The highest BCUT2D eigenvalue weighted by molar-refractivity contribution is 5.97. The van der Waals surface area contributed by atoms with Crippen LogP contribution in [0.3, 0.4) is 0 Å². The van der Waals surface area contributed by atoms with Gasteiger partial charge in [-0.1, -0.05) is 32.0 Å². The van der Waals surface area contributed by atoms with Crippen molar-refractivity contribution in [3.05, 3.63) is 29.8 Å². The lowest BCUT2D eigenvalue weighted by Crippen LogP contribution is -2.55. The summed E-state index contributed by atoms with van der Waals surface area (Å²) < 4.78 is 0. The Bertz CT molecular complexity index is 754. The van der Waals surface area contributed by atoms with Crippen molar-refractivity contribution in [2.75, 3.05) is 37.6 Å². The summed E-state index contributed by atoms with van der Waals surface area (Å²) in [6.45, 7) is 15.1. The number of amides is 1. The number of rotatable bonds is 3. The third kappa shape index (κ3) is 4.23. The molecule has 1 aromatic rings. The molecule has 154 valence electrons. The number of carbonyl (C=O) groups excluding carboxylic acids is 2. The molecule has 0 unspecified atom stereocenters. The minimum absolute atomic E-state index is 0.0284. The van der Waals surface area contributed by atoms with Gasteiger partial charge in [-0.15, -0.1) is 5.06 Å². The first kappa shape index (κ1) is 20.8. The molecular formula is C22H33N3O3. The van der Waals surface area contributed by atoms with Gasteiger partial charge in [-0.25, -0.2) is 4.79 Å². The first-order valence-electron chi connectivity index (χ1n) is 10.1. The van der Waals surface area contributed by atoms with Crippen molar-refractivity contribution in [2.45, 2.75) is 53.0 Å². The summed E-state index contributed by atoms with van der Waals surface area (Å²) in [5.74, 6) is -0.0925. The van der Waals surface area contributed by atoms with E-state index in [0.29, 0.717) is 32.7 Å². The van der Waals surface area contributed by atoms with Crippen LogP contribution in [-0.4, -0.2) is 60.6 Å². The van der Waals surface area contributed by atoms with Crippen LogP contribution in [0.1, 0.15) is 47.1 Å². The fraction of sp³-hybridized carbons (Fsp3) is 0.636. The Hall–Kier alpha value is -1.92. The van der Waals surface area contributed by atoms with Crippen molar-refractivity contribution >= 4 is 17.6 Å². The van der Waals surface area contributed by atoms with Crippen LogP contribution in [0.25, 0.3) is 0 Å². The maximum Gasteiger partial charge on any atom is 0.330 e. The molecule has 0 N–H and O–H groups in total. The predicted octanol–water partition coefficient (Wildman–Crippen LogP) is 2.82. The van der Waals surface area contributed by atoms with Crippen LogP contribution in [0, 0.1) is 5.41 Å². The third-order valence-electron chi connectivity index (χ3n) is 5.60. The summed E-state index contributed by atoms with van der Waals surface area (Å²) in [6.07, 6.45) is 0. The van der Waals surface area contributed by atoms with Gasteiger partial charge in [0.15, 0.2) is 0 Å². The molecule has 1 amide bonds. The van der Waals surface area contributed by atoms with Crippen molar-refractivity contribution in [1.82, 2.24) is 9.96 Å². The highest BCUT2D eigenvalue weighted by Gasteiger charge is 2.38. The van der Waals surface area contributed by atoms with E-state index in [0.717, 1.165) is 5.69 Å². The van der Waals surface area contributed by atoms with Crippen LogP contribution in [0.5, 0.6) is 0 Å². The van der Waals surface area contributed by atoms with Crippen molar-refractivity contribution in [1.29, 1.82) is 0 Å². The minimum Gasteiger partial charge on any atom is -0.367 e. The highest BCUT2D eigenvalue weighted by atomic mass is 16.7. The van der Waals surface area contributed by atoms with Gasteiger partial charge in [-0.2, -0.15) is 0 Å². The molecule has 1 aromatic carbocycles. The fourth-order valence-corrected chi connectivity index (χ4v) is 3.89. The van der Waals surface area contributed by atoms with Gasteiger partial charge < -0.3 is 9.74 Å². The number of anilines is 1. The van der Waals surface area contributed by atoms with Crippen LogP contribution >= 0.6 is 0 Å². The molecule has 6 nitrogen and oxygen atoms in total. The monoisotopic (exact) mass is 387 g/mol. The molecule has 2 heterocycles. The average molecular weight is 388 g/mol. The van der Waals surface area contributed by atoms with E-state index < -0.39 is 5.41 Å². The largest absolute Gasteiger partial charge is 0.367 e. The van der Waals surface area contributed by atoms with Gasteiger partial charge in [-0.3, -0.25) is 9.69 Å². The summed E-state index contributed by atoms with van der Waals surface area (Å²) in [5.41, 5.74) is 1.71. The number of carbonyl (C=O) groups is 2. The van der Waals surface area contributed by atoms with Gasteiger partial charge in [0.1, 0.15) is 0 Å². The van der Waals surface area contributed by atoms with Crippen molar-refractivity contribution < 1.29 is 14.4 Å². The Kier molecular flexibility index (Phi) is 5.56. The van der Waals surface area contributed by atoms with E-state index >= 15 is 0 Å². The summed E-state index contributed by atoms with van der Waals surface area (Å²) in [7, 11) is 0. The van der Waals surface area contributed by atoms with E-state index in [2.05, 4.69) is 24.8 Å². The second-order valence-corrected chi connectivity index (χ2v) is 9.73. The number of piperazine rings is 1. The Balaban J connectivity index is 1.59. The molecule has 3 rings (SSSR count). The third-order valence-corrected chi connectivity index (χ3v) is 5.60. The standard InChI is InChI=1S/C22H33N3O3/c1-16-13-23(11-12-25(16)28-20(27)21(2,3)4)14-19(26)24-15-22(5,6)17-9-7-8-10-18(17)24/h7-10,16H,11-15H2,1-6H3/t16-/m1/s1. The molecule has 0 spiro atoms. The maximum atomic E-state index is 13.0. The second-order valence-electron chi connectivity index (χ2n) is 9.73. The van der Waals surface area contributed by atoms with E-state index in [1.54, 1.807) is 5.06 Å². The number of nitrogens with zero attached hydrogens (tertiary/aromatic N) is 3. The highest BCUT2D eigenvalue weighted by Crippen LogP contribution is 2.40. The van der Waals surface area contributed by atoms with Crippen LogP contribution in [0.15, 0.2) is 24.3 Å². The van der Waals surface area contributed by atoms with Crippen molar-refractivity contribution in [3.63, 3.8) is 0 Å². The Morgan fingerprint density at radius 2 is 1.86 bits per heavy atom. The van der Waals surface area contributed by atoms with Gasteiger partial charge in [0.05, 0.1) is 18.0 Å². The topological polar surface area (TPSA) is 53.1 Å². The SMILES string of the molecule is C[C@@H]1CN(CC(=O)N2CC(C)(C)c3ccccc32)CCN1OC(=O)C(C)(C)C. The van der Waals surface area contributed by atoms with E-state index in [-0.39, 0.29) is 23.3 Å². The van der Waals surface area contributed by atoms with E-state index in [1.165, 1.54) is 5.56 Å². The smallest absolute Gasteiger partial charge is 0.330 e.